The minimum absolute atomic E-state index is 0.217. The van der Waals surface area contributed by atoms with Gasteiger partial charge in [0.2, 0.25) is 21.8 Å². The minimum atomic E-state index is -4.01. The molecule has 0 unspecified atom stereocenters. The lowest BCUT2D eigenvalue weighted by Crippen LogP contribution is -2.59. The Morgan fingerprint density at radius 2 is 1.71 bits per heavy atom. The van der Waals surface area contributed by atoms with Crippen LogP contribution in [0.5, 0.6) is 0 Å². The van der Waals surface area contributed by atoms with E-state index in [2.05, 4.69) is 15.4 Å². The van der Waals surface area contributed by atoms with Crippen LogP contribution in [0, 0.1) is 17.8 Å². The van der Waals surface area contributed by atoms with Crippen LogP contribution in [0.1, 0.15) is 99.8 Å². The van der Waals surface area contributed by atoms with Gasteiger partial charge in [-0.1, -0.05) is 52.7 Å². The molecule has 3 aliphatic rings. The molecule has 42 heavy (non-hydrogen) atoms. The van der Waals surface area contributed by atoms with E-state index in [1.807, 2.05) is 12.2 Å². The molecule has 0 aromatic heterocycles. The molecular formula is C30H50N4O7S. The maximum absolute atomic E-state index is 13.7. The maximum atomic E-state index is 13.7. The number of rotatable bonds is 6. The van der Waals surface area contributed by atoms with Crippen LogP contribution in [0.2, 0.25) is 0 Å². The van der Waals surface area contributed by atoms with Gasteiger partial charge < -0.3 is 20.3 Å². The third-order valence-corrected chi connectivity index (χ3v) is 10.5. The van der Waals surface area contributed by atoms with Crippen LogP contribution in [0.25, 0.3) is 0 Å². The SMILES string of the molecule is CC(C)C(C(C)C)S(=O)(=O)NC(=O)[C@@]12C[C@@H]1/C=C\CCCCC[C@H](NC(=O)OC(C)(C)C)C(=O)N1CCC[C@H]1C(=O)N2. The van der Waals surface area contributed by atoms with Crippen molar-refractivity contribution in [3.63, 3.8) is 0 Å². The molecule has 1 saturated carbocycles. The smallest absolute Gasteiger partial charge is 0.408 e. The number of nitrogens with zero attached hydrogens (tertiary/aromatic N) is 1. The number of fused-ring (bicyclic) bond motifs is 2. The first-order chi connectivity index (χ1) is 19.5. The Kier molecular flexibility index (Phi) is 10.8. The van der Waals surface area contributed by atoms with Crippen LogP contribution >= 0.6 is 0 Å². The number of hydrogen-bond acceptors (Lipinski definition) is 7. The highest BCUT2D eigenvalue weighted by Crippen LogP contribution is 2.46. The second kappa shape index (κ2) is 13.3. The number of ether oxygens (including phenoxy) is 1. The van der Waals surface area contributed by atoms with Crippen molar-refractivity contribution in [3.05, 3.63) is 12.2 Å². The Labute approximate surface area is 251 Å². The van der Waals surface area contributed by atoms with Gasteiger partial charge in [-0.3, -0.25) is 19.1 Å². The van der Waals surface area contributed by atoms with Gasteiger partial charge in [0, 0.05) is 12.5 Å². The van der Waals surface area contributed by atoms with E-state index < -0.39 is 56.4 Å². The van der Waals surface area contributed by atoms with E-state index in [0.29, 0.717) is 32.2 Å². The average molecular weight is 611 g/mol. The monoisotopic (exact) mass is 610 g/mol. The van der Waals surface area contributed by atoms with Crippen molar-refractivity contribution >= 4 is 33.8 Å². The minimum Gasteiger partial charge on any atom is -0.444 e. The molecule has 2 heterocycles. The lowest BCUT2D eigenvalue weighted by atomic mass is 10.0. The second-order valence-electron chi connectivity index (χ2n) is 13.7. The lowest BCUT2D eigenvalue weighted by Gasteiger charge is -2.31. The molecule has 2 aliphatic heterocycles. The van der Waals surface area contributed by atoms with Crippen molar-refractivity contribution < 1.29 is 32.3 Å². The molecule has 0 bridgehead atoms. The summed E-state index contributed by atoms with van der Waals surface area (Å²) in [5.74, 6) is -2.40. The van der Waals surface area contributed by atoms with Gasteiger partial charge in [-0.15, -0.1) is 0 Å². The van der Waals surface area contributed by atoms with E-state index in [1.165, 1.54) is 4.90 Å². The van der Waals surface area contributed by atoms with E-state index >= 15 is 0 Å². The maximum Gasteiger partial charge on any atom is 0.408 e. The van der Waals surface area contributed by atoms with Crippen molar-refractivity contribution in [3.8, 4) is 0 Å². The first kappa shape index (κ1) is 33.9. The van der Waals surface area contributed by atoms with Crippen LogP contribution in [-0.4, -0.2) is 72.2 Å². The van der Waals surface area contributed by atoms with Gasteiger partial charge in [-0.2, -0.15) is 0 Å². The Hall–Kier alpha value is -2.63. The van der Waals surface area contributed by atoms with Crippen LogP contribution in [-0.2, 0) is 29.1 Å². The fraction of sp³-hybridized carbons (Fsp3) is 0.800. The second-order valence-corrected chi connectivity index (χ2v) is 15.5. The number of carbonyl (C=O) groups is 4. The number of amides is 4. The summed E-state index contributed by atoms with van der Waals surface area (Å²) in [6, 6.07) is -1.69. The van der Waals surface area contributed by atoms with E-state index in [-0.39, 0.29) is 30.1 Å². The van der Waals surface area contributed by atoms with Crippen LogP contribution < -0.4 is 15.4 Å². The van der Waals surface area contributed by atoms with E-state index in [0.717, 1.165) is 19.3 Å². The van der Waals surface area contributed by atoms with Gasteiger partial charge in [-0.05, 0) is 71.1 Å². The highest BCUT2D eigenvalue weighted by Gasteiger charge is 2.61. The number of hydrogen-bond donors (Lipinski definition) is 3. The molecule has 2 fully saturated rings. The zero-order valence-corrected chi connectivity index (χ0v) is 27.0. The van der Waals surface area contributed by atoms with Crippen molar-refractivity contribution in [2.24, 2.45) is 17.8 Å². The summed E-state index contributed by atoms with van der Waals surface area (Å²) in [5.41, 5.74) is -2.15. The summed E-state index contributed by atoms with van der Waals surface area (Å²) in [7, 11) is -4.01. The standard InChI is InChI=1S/C30H50N4O7S/c1-19(2)24(20(3)4)42(39,40)33-27(37)30-18-21(30)14-11-9-8-10-12-15-22(31-28(38)41-29(5,6)7)26(36)34-17-13-16-23(34)25(35)32-30/h11,14,19-24H,8-10,12-13,15-18H2,1-7H3,(H,31,38)(H,32,35)(H,33,37)/b14-11-/t21-,22-,23-,30+/m0/s1. The molecule has 1 saturated heterocycles. The van der Waals surface area contributed by atoms with Crippen molar-refractivity contribution in [2.45, 2.75) is 128 Å². The normalized spacial score (nSPS) is 28.3. The third kappa shape index (κ3) is 8.26. The van der Waals surface area contributed by atoms with Crippen LogP contribution in [0.3, 0.4) is 0 Å². The number of nitrogens with one attached hydrogen (secondary N) is 3. The molecule has 11 nitrogen and oxygen atoms in total. The zero-order valence-electron chi connectivity index (χ0n) is 26.2. The molecule has 0 aromatic rings. The first-order valence-electron chi connectivity index (χ1n) is 15.3. The summed E-state index contributed by atoms with van der Waals surface area (Å²) in [5, 5.41) is 4.80. The fourth-order valence-corrected chi connectivity index (χ4v) is 8.33. The van der Waals surface area contributed by atoms with Gasteiger partial charge in [-0.25, -0.2) is 13.2 Å². The number of allylic oxidation sites excluding steroid dienone is 1. The molecule has 0 radical (unpaired) electrons. The van der Waals surface area contributed by atoms with E-state index in [4.69, 9.17) is 4.74 Å². The fourth-order valence-electron chi connectivity index (χ4n) is 6.32. The Morgan fingerprint density at radius 3 is 2.33 bits per heavy atom. The number of sulfonamides is 1. The van der Waals surface area contributed by atoms with E-state index in [1.54, 1.807) is 48.5 Å². The van der Waals surface area contributed by atoms with Gasteiger partial charge >= 0.3 is 6.09 Å². The van der Waals surface area contributed by atoms with E-state index in [9.17, 15) is 27.6 Å². The molecule has 1 aliphatic carbocycles. The Bertz CT molecular complexity index is 1150. The molecule has 3 rings (SSSR count). The van der Waals surface area contributed by atoms with Crippen molar-refractivity contribution in [2.75, 3.05) is 6.54 Å². The predicted molar refractivity (Wildman–Crippen MR) is 160 cm³/mol. The summed E-state index contributed by atoms with van der Waals surface area (Å²) < 4.78 is 34.3. The highest BCUT2D eigenvalue weighted by atomic mass is 32.2. The van der Waals surface area contributed by atoms with Crippen molar-refractivity contribution in [1.82, 2.24) is 20.3 Å². The summed E-state index contributed by atoms with van der Waals surface area (Å²) >= 11 is 0. The summed E-state index contributed by atoms with van der Waals surface area (Å²) in [6.07, 6.45) is 7.93. The zero-order chi connectivity index (χ0) is 31.5. The lowest BCUT2D eigenvalue weighted by molar-refractivity contribution is -0.141. The summed E-state index contributed by atoms with van der Waals surface area (Å²) in [6.45, 7) is 12.8. The molecule has 0 spiro atoms. The van der Waals surface area contributed by atoms with Crippen molar-refractivity contribution in [1.29, 1.82) is 0 Å². The predicted octanol–water partition coefficient (Wildman–Crippen LogP) is 3.39. The molecule has 3 N–H and O–H groups in total. The van der Waals surface area contributed by atoms with Crippen LogP contribution in [0.15, 0.2) is 12.2 Å². The largest absolute Gasteiger partial charge is 0.444 e. The molecular weight excluding hydrogens is 560 g/mol. The highest BCUT2D eigenvalue weighted by molar-refractivity contribution is 7.90. The molecule has 4 amide bonds. The van der Waals surface area contributed by atoms with Crippen LogP contribution in [0.4, 0.5) is 4.79 Å². The van der Waals surface area contributed by atoms with Gasteiger partial charge in [0.25, 0.3) is 5.91 Å². The quantitative estimate of drug-likeness (QED) is 0.390. The average Bonchev–Trinajstić information content (AvgIpc) is 3.30. The van der Waals surface area contributed by atoms with Gasteiger partial charge in [0.05, 0.1) is 5.25 Å². The topological polar surface area (TPSA) is 151 Å². The van der Waals surface area contributed by atoms with Gasteiger partial charge in [0.15, 0.2) is 0 Å². The third-order valence-electron chi connectivity index (χ3n) is 8.23. The Morgan fingerprint density at radius 1 is 1.05 bits per heavy atom. The number of carbonyl (C=O) groups excluding carboxylic acids is 4. The summed E-state index contributed by atoms with van der Waals surface area (Å²) in [4.78, 5) is 55.1. The molecule has 0 aromatic carbocycles. The molecule has 12 heteroatoms. The molecule has 4 atom stereocenters. The first-order valence-corrected chi connectivity index (χ1v) is 16.9. The molecule has 238 valence electrons. The number of alkyl carbamates (subject to hydrolysis) is 1. The Balaban J connectivity index is 1.86. The van der Waals surface area contributed by atoms with Gasteiger partial charge in [0.1, 0.15) is 23.2 Å².